The number of rotatable bonds is 3. The van der Waals surface area contributed by atoms with Crippen molar-refractivity contribution in [1.29, 1.82) is 0 Å². The summed E-state index contributed by atoms with van der Waals surface area (Å²) in [6.45, 7) is 1.88. The SMILES string of the molecule is Cc1nc(-c2ccccc2)sc1C(=O)NC1CCC(O)CC1. The highest BCUT2D eigenvalue weighted by molar-refractivity contribution is 7.17. The maximum absolute atomic E-state index is 12.5. The van der Waals surface area contributed by atoms with E-state index in [9.17, 15) is 9.90 Å². The number of nitrogens with one attached hydrogen (secondary N) is 1. The number of aromatic nitrogens is 1. The predicted octanol–water partition coefficient (Wildman–Crippen LogP) is 3.15. The summed E-state index contributed by atoms with van der Waals surface area (Å²) in [5.74, 6) is -0.0430. The molecule has 4 nitrogen and oxygen atoms in total. The van der Waals surface area contributed by atoms with Crippen molar-refractivity contribution in [2.75, 3.05) is 0 Å². The Balaban J connectivity index is 1.72. The van der Waals surface area contributed by atoms with Gasteiger partial charge in [-0.3, -0.25) is 4.79 Å². The fourth-order valence-corrected chi connectivity index (χ4v) is 3.76. The lowest BCUT2D eigenvalue weighted by molar-refractivity contribution is 0.0870. The van der Waals surface area contributed by atoms with Crippen molar-refractivity contribution in [2.24, 2.45) is 0 Å². The van der Waals surface area contributed by atoms with Crippen molar-refractivity contribution in [3.8, 4) is 10.6 Å². The van der Waals surface area contributed by atoms with E-state index in [4.69, 9.17) is 0 Å². The van der Waals surface area contributed by atoms with E-state index in [-0.39, 0.29) is 18.1 Å². The summed E-state index contributed by atoms with van der Waals surface area (Å²) in [5, 5.41) is 13.5. The molecule has 1 aromatic heterocycles. The van der Waals surface area contributed by atoms with Crippen LogP contribution in [0.4, 0.5) is 0 Å². The Bertz CT molecular complexity index is 646. The molecule has 22 heavy (non-hydrogen) atoms. The molecule has 116 valence electrons. The van der Waals surface area contributed by atoms with Gasteiger partial charge in [0.25, 0.3) is 5.91 Å². The number of carbonyl (C=O) groups is 1. The third-order valence-corrected chi connectivity index (χ3v) is 5.26. The molecule has 0 aliphatic heterocycles. The quantitative estimate of drug-likeness (QED) is 0.914. The molecule has 0 spiro atoms. The summed E-state index contributed by atoms with van der Waals surface area (Å²) in [7, 11) is 0. The Labute approximate surface area is 134 Å². The molecule has 0 unspecified atom stereocenters. The standard InChI is InChI=1S/C17H20N2O2S/c1-11-15(16(21)19-13-7-9-14(20)10-8-13)22-17(18-11)12-5-3-2-4-6-12/h2-6,13-14,20H,7-10H2,1H3,(H,19,21). The van der Waals surface area contributed by atoms with Crippen LogP contribution in [0.15, 0.2) is 30.3 Å². The number of benzene rings is 1. The minimum Gasteiger partial charge on any atom is -0.393 e. The number of carbonyl (C=O) groups excluding carboxylic acids is 1. The number of amides is 1. The highest BCUT2D eigenvalue weighted by atomic mass is 32.1. The maximum atomic E-state index is 12.5. The van der Waals surface area contributed by atoms with Crippen LogP contribution in [0.1, 0.15) is 41.0 Å². The predicted molar refractivity (Wildman–Crippen MR) is 88.0 cm³/mol. The summed E-state index contributed by atoms with van der Waals surface area (Å²) < 4.78 is 0. The van der Waals surface area contributed by atoms with Gasteiger partial charge in [-0.25, -0.2) is 4.98 Å². The minimum absolute atomic E-state index is 0.0430. The van der Waals surface area contributed by atoms with Crippen molar-refractivity contribution in [3.63, 3.8) is 0 Å². The zero-order chi connectivity index (χ0) is 15.5. The van der Waals surface area contributed by atoms with Crippen molar-refractivity contribution in [1.82, 2.24) is 10.3 Å². The van der Waals surface area contributed by atoms with Crippen molar-refractivity contribution in [3.05, 3.63) is 40.9 Å². The molecule has 0 bridgehead atoms. The molecule has 1 aromatic carbocycles. The largest absolute Gasteiger partial charge is 0.393 e. The molecular formula is C17H20N2O2S. The lowest BCUT2D eigenvalue weighted by atomic mass is 9.93. The Morgan fingerprint density at radius 2 is 1.91 bits per heavy atom. The smallest absolute Gasteiger partial charge is 0.263 e. The number of aliphatic hydroxyl groups excluding tert-OH is 1. The molecule has 2 aromatic rings. The van der Waals surface area contributed by atoms with Gasteiger partial charge < -0.3 is 10.4 Å². The molecule has 1 amide bonds. The van der Waals surface area contributed by atoms with Gasteiger partial charge in [0, 0.05) is 11.6 Å². The van der Waals surface area contributed by atoms with E-state index in [0.717, 1.165) is 41.9 Å². The van der Waals surface area contributed by atoms with Crippen LogP contribution < -0.4 is 5.32 Å². The molecule has 1 heterocycles. The first kappa shape index (κ1) is 15.2. The molecule has 0 radical (unpaired) electrons. The van der Waals surface area contributed by atoms with Crippen LogP contribution in [0.2, 0.25) is 0 Å². The van der Waals surface area contributed by atoms with Gasteiger partial charge in [0.2, 0.25) is 0 Å². The minimum atomic E-state index is -0.206. The Kier molecular flexibility index (Phi) is 4.55. The second-order valence-electron chi connectivity index (χ2n) is 5.78. The van der Waals surface area contributed by atoms with Crippen LogP contribution in [-0.2, 0) is 0 Å². The number of hydrogen-bond donors (Lipinski definition) is 2. The number of aliphatic hydroxyl groups is 1. The van der Waals surface area contributed by atoms with Gasteiger partial charge in [0.05, 0.1) is 11.8 Å². The maximum Gasteiger partial charge on any atom is 0.263 e. The zero-order valence-corrected chi connectivity index (χ0v) is 13.4. The first-order valence-corrected chi connectivity index (χ1v) is 8.47. The molecular weight excluding hydrogens is 296 g/mol. The lowest BCUT2D eigenvalue weighted by Gasteiger charge is -2.25. The van der Waals surface area contributed by atoms with E-state index >= 15 is 0 Å². The number of thiazole rings is 1. The number of hydrogen-bond acceptors (Lipinski definition) is 4. The van der Waals surface area contributed by atoms with E-state index in [0.29, 0.717) is 4.88 Å². The fraction of sp³-hybridized carbons (Fsp3) is 0.412. The van der Waals surface area contributed by atoms with Crippen LogP contribution in [0.3, 0.4) is 0 Å². The van der Waals surface area contributed by atoms with E-state index < -0.39 is 0 Å². The summed E-state index contributed by atoms with van der Waals surface area (Å²) in [4.78, 5) is 17.7. The van der Waals surface area contributed by atoms with E-state index in [1.54, 1.807) is 0 Å². The average Bonchev–Trinajstić information content (AvgIpc) is 2.92. The fourth-order valence-electron chi connectivity index (χ4n) is 2.78. The second-order valence-corrected chi connectivity index (χ2v) is 6.78. The van der Waals surface area contributed by atoms with Crippen LogP contribution in [-0.4, -0.2) is 28.1 Å². The van der Waals surface area contributed by atoms with Crippen molar-refractivity contribution in [2.45, 2.75) is 44.8 Å². The topological polar surface area (TPSA) is 62.2 Å². The van der Waals surface area contributed by atoms with Gasteiger partial charge in [-0.05, 0) is 32.6 Å². The normalized spacial score (nSPS) is 21.5. The lowest BCUT2D eigenvalue weighted by Crippen LogP contribution is -2.38. The number of aryl methyl sites for hydroxylation is 1. The Morgan fingerprint density at radius 3 is 2.59 bits per heavy atom. The first-order valence-electron chi connectivity index (χ1n) is 7.65. The molecule has 3 rings (SSSR count). The van der Waals surface area contributed by atoms with Crippen molar-refractivity contribution >= 4 is 17.2 Å². The monoisotopic (exact) mass is 316 g/mol. The third kappa shape index (κ3) is 3.36. The molecule has 1 saturated carbocycles. The molecule has 2 N–H and O–H groups in total. The molecule has 1 aliphatic rings. The molecule has 1 fully saturated rings. The van der Waals surface area contributed by atoms with E-state index in [1.807, 2.05) is 37.3 Å². The van der Waals surface area contributed by atoms with E-state index in [2.05, 4.69) is 10.3 Å². The summed E-state index contributed by atoms with van der Waals surface area (Å²) in [6.07, 6.45) is 3.01. The van der Waals surface area contributed by atoms with E-state index in [1.165, 1.54) is 11.3 Å². The van der Waals surface area contributed by atoms with Crippen LogP contribution in [0, 0.1) is 6.92 Å². The molecule has 0 atom stereocenters. The Hall–Kier alpha value is -1.72. The van der Waals surface area contributed by atoms with Gasteiger partial charge in [-0.1, -0.05) is 30.3 Å². The molecule has 5 heteroatoms. The second kappa shape index (κ2) is 6.58. The Morgan fingerprint density at radius 1 is 1.23 bits per heavy atom. The van der Waals surface area contributed by atoms with Gasteiger partial charge in [0.1, 0.15) is 9.88 Å². The summed E-state index contributed by atoms with van der Waals surface area (Å²) in [6, 6.07) is 10.1. The summed E-state index contributed by atoms with van der Waals surface area (Å²) in [5.41, 5.74) is 1.81. The average molecular weight is 316 g/mol. The van der Waals surface area contributed by atoms with Crippen LogP contribution in [0.25, 0.3) is 10.6 Å². The number of nitrogens with zero attached hydrogens (tertiary/aromatic N) is 1. The van der Waals surface area contributed by atoms with Gasteiger partial charge in [-0.2, -0.15) is 0 Å². The van der Waals surface area contributed by atoms with Crippen LogP contribution >= 0.6 is 11.3 Å². The third-order valence-electron chi connectivity index (χ3n) is 4.06. The molecule has 0 saturated heterocycles. The summed E-state index contributed by atoms with van der Waals surface area (Å²) >= 11 is 1.44. The van der Waals surface area contributed by atoms with Crippen molar-refractivity contribution < 1.29 is 9.90 Å². The first-order chi connectivity index (χ1) is 10.6. The van der Waals surface area contributed by atoms with Gasteiger partial charge >= 0.3 is 0 Å². The molecule has 1 aliphatic carbocycles. The van der Waals surface area contributed by atoms with Gasteiger partial charge in [0.15, 0.2) is 0 Å². The zero-order valence-electron chi connectivity index (χ0n) is 12.6. The highest BCUT2D eigenvalue weighted by Crippen LogP contribution is 2.28. The van der Waals surface area contributed by atoms with Gasteiger partial charge in [-0.15, -0.1) is 11.3 Å². The van der Waals surface area contributed by atoms with Crippen LogP contribution in [0.5, 0.6) is 0 Å². The highest BCUT2D eigenvalue weighted by Gasteiger charge is 2.23.